The number of hydrogen-bond donors (Lipinski definition) is 0. The summed E-state index contributed by atoms with van der Waals surface area (Å²) < 4.78 is 26.7. The van der Waals surface area contributed by atoms with Crippen LogP contribution in [0.2, 0.25) is 0 Å². The van der Waals surface area contributed by atoms with E-state index in [9.17, 15) is 13.6 Å². The topological polar surface area (TPSA) is 23.6 Å². The molecule has 1 aliphatic carbocycles. The summed E-state index contributed by atoms with van der Waals surface area (Å²) in [5, 5.41) is 0. The van der Waals surface area contributed by atoms with Crippen LogP contribution in [0.15, 0.2) is 0 Å². The van der Waals surface area contributed by atoms with Gasteiger partial charge in [-0.05, 0) is 12.8 Å². The van der Waals surface area contributed by atoms with Gasteiger partial charge < -0.3 is 4.90 Å². The molecule has 3 nitrogen and oxygen atoms in total. The molecule has 0 bridgehead atoms. The third-order valence-electron chi connectivity index (χ3n) is 4.07. The highest BCUT2D eigenvalue weighted by atomic mass is 35.5. The molecule has 0 radical (unpaired) electrons. The first-order valence-electron chi connectivity index (χ1n) is 6.97. The first-order valence-corrected chi connectivity index (χ1v) is 7.50. The lowest BCUT2D eigenvalue weighted by Gasteiger charge is -2.37. The van der Waals surface area contributed by atoms with E-state index in [-0.39, 0.29) is 18.7 Å². The van der Waals surface area contributed by atoms with Gasteiger partial charge in [-0.15, -0.1) is 11.6 Å². The molecule has 1 saturated carbocycles. The number of alkyl halides is 3. The van der Waals surface area contributed by atoms with Crippen molar-refractivity contribution in [3.63, 3.8) is 0 Å². The maximum Gasteiger partial charge on any atom is 0.248 e. The average molecular weight is 295 g/mol. The van der Waals surface area contributed by atoms with Gasteiger partial charge in [-0.2, -0.15) is 0 Å². The monoisotopic (exact) mass is 294 g/mol. The Morgan fingerprint density at radius 3 is 2.53 bits per heavy atom. The summed E-state index contributed by atoms with van der Waals surface area (Å²) in [5.74, 6) is -2.63. The summed E-state index contributed by atoms with van der Waals surface area (Å²) in [6, 6.07) is 0. The van der Waals surface area contributed by atoms with Gasteiger partial charge >= 0.3 is 0 Å². The largest absolute Gasteiger partial charge is 0.340 e. The first-order chi connectivity index (χ1) is 9.02. The van der Waals surface area contributed by atoms with E-state index in [4.69, 9.17) is 11.6 Å². The molecule has 2 aliphatic rings. The van der Waals surface area contributed by atoms with Crippen molar-refractivity contribution in [2.45, 2.75) is 31.6 Å². The van der Waals surface area contributed by atoms with E-state index in [1.165, 1.54) is 0 Å². The second-order valence-electron chi connectivity index (χ2n) is 5.51. The molecule has 2 fully saturated rings. The van der Waals surface area contributed by atoms with Crippen molar-refractivity contribution in [1.29, 1.82) is 0 Å². The molecule has 1 amide bonds. The summed E-state index contributed by atoms with van der Waals surface area (Å²) in [4.78, 5) is 16.2. The molecule has 1 aliphatic heterocycles. The SMILES string of the molecule is O=C(C1CCCC(F)(F)C1)N1CCN(CCCl)CC1. The summed E-state index contributed by atoms with van der Waals surface area (Å²) in [6.45, 7) is 3.68. The maximum absolute atomic E-state index is 13.4. The van der Waals surface area contributed by atoms with Gasteiger partial charge in [-0.3, -0.25) is 9.69 Å². The Hall–Kier alpha value is -0.420. The number of carbonyl (C=O) groups excluding carboxylic acids is 1. The Bertz CT molecular complexity index is 320. The van der Waals surface area contributed by atoms with Gasteiger partial charge in [0.25, 0.3) is 0 Å². The molecule has 1 saturated heterocycles. The second kappa shape index (κ2) is 6.35. The van der Waals surface area contributed by atoms with Gasteiger partial charge in [-0.1, -0.05) is 0 Å². The zero-order chi connectivity index (χ0) is 13.9. The van der Waals surface area contributed by atoms with Gasteiger partial charge in [0.1, 0.15) is 0 Å². The zero-order valence-corrected chi connectivity index (χ0v) is 11.8. The fraction of sp³-hybridized carbons (Fsp3) is 0.923. The van der Waals surface area contributed by atoms with E-state index < -0.39 is 11.8 Å². The molecule has 19 heavy (non-hydrogen) atoms. The van der Waals surface area contributed by atoms with Gasteiger partial charge in [0.05, 0.1) is 0 Å². The van der Waals surface area contributed by atoms with Crippen molar-refractivity contribution in [3.8, 4) is 0 Å². The van der Waals surface area contributed by atoms with Crippen molar-refractivity contribution in [2.24, 2.45) is 5.92 Å². The molecule has 2 rings (SSSR count). The molecular formula is C13H21ClF2N2O. The predicted molar refractivity (Wildman–Crippen MR) is 70.6 cm³/mol. The molecular weight excluding hydrogens is 274 g/mol. The Kier molecular flexibility index (Phi) is 5.01. The fourth-order valence-corrected chi connectivity index (χ4v) is 3.19. The average Bonchev–Trinajstić information content (AvgIpc) is 2.38. The summed E-state index contributed by atoms with van der Waals surface area (Å²) in [7, 11) is 0. The number of nitrogens with zero attached hydrogens (tertiary/aromatic N) is 2. The number of halogens is 3. The Labute approximate surface area is 117 Å². The van der Waals surface area contributed by atoms with E-state index in [1.54, 1.807) is 4.90 Å². The molecule has 110 valence electrons. The standard InChI is InChI=1S/C13H21ClF2N2O/c14-4-5-17-6-8-18(9-7-17)12(19)11-2-1-3-13(15,16)10-11/h11H,1-10H2. The quantitative estimate of drug-likeness (QED) is 0.745. The molecule has 0 aromatic rings. The molecule has 1 heterocycles. The normalized spacial score (nSPS) is 28.4. The molecule has 6 heteroatoms. The van der Waals surface area contributed by atoms with Crippen molar-refractivity contribution in [3.05, 3.63) is 0 Å². The Morgan fingerprint density at radius 2 is 1.95 bits per heavy atom. The minimum atomic E-state index is -2.65. The minimum absolute atomic E-state index is 0.0692. The third-order valence-corrected chi connectivity index (χ3v) is 4.24. The molecule has 0 aromatic carbocycles. The van der Waals surface area contributed by atoms with Crippen LogP contribution in [0.25, 0.3) is 0 Å². The van der Waals surface area contributed by atoms with Crippen molar-refractivity contribution >= 4 is 17.5 Å². The van der Waals surface area contributed by atoms with Crippen LogP contribution in [0.5, 0.6) is 0 Å². The fourth-order valence-electron chi connectivity index (χ4n) is 2.95. The minimum Gasteiger partial charge on any atom is -0.340 e. The van der Waals surface area contributed by atoms with E-state index in [0.29, 0.717) is 31.8 Å². The van der Waals surface area contributed by atoms with Crippen LogP contribution in [0, 0.1) is 5.92 Å². The highest BCUT2D eigenvalue weighted by molar-refractivity contribution is 6.18. The lowest BCUT2D eigenvalue weighted by atomic mass is 9.85. The summed E-state index contributed by atoms with van der Waals surface area (Å²) in [6.07, 6.45) is 0.722. The summed E-state index contributed by atoms with van der Waals surface area (Å²) in [5.41, 5.74) is 0. The van der Waals surface area contributed by atoms with E-state index >= 15 is 0 Å². The highest BCUT2D eigenvalue weighted by Crippen LogP contribution is 2.37. The predicted octanol–water partition coefficient (Wildman–Crippen LogP) is 2.19. The zero-order valence-electron chi connectivity index (χ0n) is 11.1. The van der Waals surface area contributed by atoms with Crippen molar-refractivity contribution in [1.82, 2.24) is 9.80 Å². The number of rotatable bonds is 3. The lowest BCUT2D eigenvalue weighted by molar-refractivity contribution is -0.144. The van der Waals surface area contributed by atoms with Crippen LogP contribution in [-0.4, -0.2) is 60.2 Å². The summed E-state index contributed by atoms with van der Waals surface area (Å²) >= 11 is 5.68. The van der Waals surface area contributed by atoms with Gasteiger partial charge in [-0.25, -0.2) is 8.78 Å². The van der Waals surface area contributed by atoms with Gasteiger partial charge in [0.2, 0.25) is 11.8 Å². The van der Waals surface area contributed by atoms with Crippen LogP contribution >= 0.6 is 11.6 Å². The van der Waals surface area contributed by atoms with Crippen LogP contribution in [0.1, 0.15) is 25.7 Å². The van der Waals surface area contributed by atoms with E-state index in [0.717, 1.165) is 19.6 Å². The molecule has 0 aromatic heterocycles. The Morgan fingerprint density at radius 1 is 1.26 bits per heavy atom. The number of hydrogen-bond acceptors (Lipinski definition) is 2. The number of piperazine rings is 1. The smallest absolute Gasteiger partial charge is 0.248 e. The van der Waals surface area contributed by atoms with Crippen LogP contribution in [-0.2, 0) is 4.79 Å². The van der Waals surface area contributed by atoms with E-state index in [2.05, 4.69) is 4.90 Å². The van der Waals surface area contributed by atoms with Crippen molar-refractivity contribution in [2.75, 3.05) is 38.6 Å². The molecule has 1 atom stereocenters. The third kappa shape index (κ3) is 4.02. The van der Waals surface area contributed by atoms with Crippen LogP contribution in [0.4, 0.5) is 8.78 Å². The molecule has 1 unspecified atom stereocenters. The van der Waals surface area contributed by atoms with Crippen LogP contribution < -0.4 is 0 Å². The second-order valence-corrected chi connectivity index (χ2v) is 5.88. The van der Waals surface area contributed by atoms with Crippen LogP contribution in [0.3, 0.4) is 0 Å². The number of carbonyl (C=O) groups is 1. The van der Waals surface area contributed by atoms with Gasteiger partial charge in [0.15, 0.2) is 0 Å². The Balaban J connectivity index is 1.84. The van der Waals surface area contributed by atoms with Gasteiger partial charge in [0, 0.05) is 57.4 Å². The molecule has 0 spiro atoms. The van der Waals surface area contributed by atoms with E-state index in [1.807, 2.05) is 0 Å². The lowest BCUT2D eigenvalue weighted by Crippen LogP contribution is -2.51. The number of amides is 1. The highest BCUT2D eigenvalue weighted by Gasteiger charge is 2.40. The van der Waals surface area contributed by atoms with Crippen molar-refractivity contribution < 1.29 is 13.6 Å². The maximum atomic E-state index is 13.4. The molecule has 0 N–H and O–H groups in total. The first kappa shape index (κ1) is 15.0.